The number of amides is 1. The average Bonchev–Trinajstić information content (AvgIpc) is 3.18. The Labute approximate surface area is 167 Å². The number of carbonyl (C=O) groups excluding carboxylic acids is 1. The summed E-state index contributed by atoms with van der Waals surface area (Å²) >= 11 is 1.51. The third kappa shape index (κ3) is 3.98. The summed E-state index contributed by atoms with van der Waals surface area (Å²) in [5, 5.41) is 8.70. The van der Waals surface area contributed by atoms with Gasteiger partial charge in [0.15, 0.2) is 0 Å². The lowest BCUT2D eigenvalue weighted by atomic mass is 9.99. The summed E-state index contributed by atoms with van der Waals surface area (Å²) < 4.78 is 14.7. The fourth-order valence-electron chi connectivity index (χ4n) is 3.39. The van der Waals surface area contributed by atoms with Crippen LogP contribution in [0.3, 0.4) is 0 Å². The third-order valence-electron chi connectivity index (χ3n) is 4.98. The fourth-order valence-corrected chi connectivity index (χ4v) is 4.22. The van der Waals surface area contributed by atoms with Crippen LogP contribution in [0.4, 0.5) is 10.1 Å². The first-order valence-corrected chi connectivity index (χ1v) is 10.4. The smallest absolute Gasteiger partial charge is 0.230 e. The first-order valence-electron chi connectivity index (χ1n) is 9.48. The summed E-state index contributed by atoms with van der Waals surface area (Å²) in [5.74, 6) is -0.576. The Balaban J connectivity index is 1.44. The number of aromatic nitrogens is 1. The molecule has 4 nitrogen and oxygen atoms in total. The Morgan fingerprint density at radius 2 is 2.07 bits per heavy atom. The normalized spacial score (nSPS) is 13.2. The van der Waals surface area contributed by atoms with Crippen LogP contribution in [0.1, 0.15) is 29.3 Å². The number of nitrogens with one attached hydrogen (secondary N) is 2. The molecule has 0 saturated heterocycles. The van der Waals surface area contributed by atoms with Gasteiger partial charge in [-0.25, -0.2) is 9.37 Å². The van der Waals surface area contributed by atoms with Crippen molar-refractivity contribution in [3.63, 3.8) is 0 Å². The molecule has 0 atom stereocenters. The molecule has 0 unspecified atom stereocenters. The Hall–Kier alpha value is -2.57. The molecular weight excluding hydrogens is 373 g/mol. The van der Waals surface area contributed by atoms with Gasteiger partial charge in [0.25, 0.3) is 0 Å². The lowest BCUT2D eigenvalue weighted by molar-refractivity contribution is -0.115. The molecule has 2 N–H and O–H groups in total. The van der Waals surface area contributed by atoms with E-state index in [1.54, 1.807) is 6.07 Å². The first kappa shape index (κ1) is 18.8. The van der Waals surface area contributed by atoms with Crippen molar-refractivity contribution in [2.75, 3.05) is 11.9 Å². The van der Waals surface area contributed by atoms with Gasteiger partial charge in [-0.3, -0.25) is 4.79 Å². The van der Waals surface area contributed by atoms with Gasteiger partial charge in [0.05, 0.1) is 17.8 Å². The molecule has 3 aromatic rings. The maximum Gasteiger partial charge on any atom is 0.230 e. The van der Waals surface area contributed by atoms with E-state index in [1.807, 2.05) is 11.4 Å². The second-order valence-electron chi connectivity index (χ2n) is 6.91. The molecule has 0 aliphatic carbocycles. The van der Waals surface area contributed by atoms with Crippen LogP contribution in [0, 0.1) is 5.82 Å². The number of anilines is 1. The van der Waals surface area contributed by atoms with Crippen LogP contribution in [0.2, 0.25) is 0 Å². The van der Waals surface area contributed by atoms with Crippen molar-refractivity contribution < 1.29 is 9.18 Å². The Morgan fingerprint density at radius 1 is 1.25 bits per heavy atom. The number of rotatable bonds is 5. The predicted octanol–water partition coefficient (Wildman–Crippen LogP) is 4.34. The molecule has 0 spiro atoms. The van der Waals surface area contributed by atoms with Crippen molar-refractivity contribution >= 4 is 22.9 Å². The second-order valence-corrected chi connectivity index (χ2v) is 7.77. The SMILES string of the molecule is CCc1ccc(-c2nc(CC(=O)Nc3ccc4c(c3F)CCNC4)cs2)cc1. The van der Waals surface area contributed by atoms with E-state index in [2.05, 4.69) is 46.8 Å². The van der Waals surface area contributed by atoms with Gasteiger partial charge in [-0.15, -0.1) is 11.3 Å². The molecule has 1 aromatic heterocycles. The summed E-state index contributed by atoms with van der Waals surface area (Å²) in [5.41, 5.74) is 4.92. The van der Waals surface area contributed by atoms with Gasteiger partial charge in [-0.1, -0.05) is 37.3 Å². The Kier molecular flexibility index (Phi) is 5.50. The van der Waals surface area contributed by atoms with Crippen LogP contribution in [0.5, 0.6) is 0 Å². The zero-order valence-corrected chi connectivity index (χ0v) is 16.5. The summed E-state index contributed by atoms with van der Waals surface area (Å²) in [6.45, 7) is 3.54. The first-order chi connectivity index (χ1) is 13.6. The van der Waals surface area contributed by atoms with E-state index < -0.39 is 0 Å². The maximum atomic E-state index is 14.7. The number of halogens is 1. The van der Waals surface area contributed by atoms with Crippen LogP contribution in [0.25, 0.3) is 10.6 Å². The molecule has 2 heterocycles. The van der Waals surface area contributed by atoms with Crippen LogP contribution >= 0.6 is 11.3 Å². The zero-order valence-electron chi connectivity index (χ0n) is 15.7. The molecule has 0 bridgehead atoms. The van der Waals surface area contributed by atoms with Gasteiger partial charge >= 0.3 is 0 Å². The molecule has 6 heteroatoms. The van der Waals surface area contributed by atoms with E-state index in [4.69, 9.17) is 0 Å². The molecule has 0 radical (unpaired) electrons. The molecule has 0 saturated carbocycles. The predicted molar refractivity (Wildman–Crippen MR) is 111 cm³/mol. The largest absolute Gasteiger partial charge is 0.323 e. The summed E-state index contributed by atoms with van der Waals surface area (Å²) in [7, 11) is 0. The highest BCUT2D eigenvalue weighted by Gasteiger charge is 2.18. The second kappa shape index (κ2) is 8.20. The standard InChI is InChI=1S/C22H22FN3OS/c1-2-14-3-5-15(6-4-14)22-25-17(13-28-22)11-20(27)26-19-8-7-16-12-24-10-9-18(16)21(19)23/h3-8,13,24H,2,9-12H2,1H3,(H,26,27). The Bertz CT molecular complexity index is 998. The van der Waals surface area contributed by atoms with E-state index in [-0.39, 0.29) is 23.8 Å². The third-order valence-corrected chi connectivity index (χ3v) is 5.92. The summed E-state index contributed by atoms with van der Waals surface area (Å²) in [6, 6.07) is 11.8. The number of carbonyl (C=O) groups is 1. The number of hydrogen-bond donors (Lipinski definition) is 2. The van der Waals surface area contributed by atoms with Crippen LogP contribution in [-0.4, -0.2) is 17.4 Å². The average molecular weight is 396 g/mol. The van der Waals surface area contributed by atoms with Gasteiger partial charge in [0.2, 0.25) is 5.91 Å². The molecule has 1 aliphatic rings. The quantitative estimate of drug-likeness (QED) is 0.676. The number of fused-ring (bicyclic) bond motifs is 1. The number of aryl methyl sites for hydroxylation is 1. The number of nitrogens with zero attached hydrogens (tertiary/aromatic N) is 1. The highest BCUT2D eigenvalue weighted by atomic mass is 32.1. The van der Waals surface area contributed by atoms with Crippen molar-refractivity contribution in [1.82, 2.24) is 10.3 Å². The van der Waals surface area contributed by atoms with Gasteiger partial charge in [-0.2, -0.15) is 0 Å². The fraction of sp³-hybridized carbons (Fsp3) is 0.273. The van der Waals surface area contributed by atoms with E-state index >= 15 is 0 Å². The minimum atomic E-state index is -0.317. The summed E-state index contributed by atoms with van der Waals surface area (Å²) in [6.07, 6.45) is 1.76. The van der Waals surface area contributed by atoms with E-state index in [0.29, 0.717) is 24.2 Å². The van der Waals surface area contributed by atoms with E-state index in [1.165, 1.54) is 16.9 Å². The minimum Gasteiger partial charge on any atom is -0.323 e. The topological polar surface area (TPSA) is 54.0 Å². The molecular formula is C22H22FN3OS. The van der Waals surface area contributed by atoms with Crippen molar-refractivity contribution in [1.29, 1.82) is 0 Å². The lowest BCUT2D eigenvalue weighted by Gasteiger charge is -2.19. The number of hydrogen-bond acceptors (Lipinski definition) is 4. The highest BCUT2D eigenvalue weighted by Crippen LogP contribution is 2.26. The Morgan fingerprint density at radius 3 is 2.86 bits per heavy atom. The van der Waals surface area contributed by atoms with Crippen molar-refractivity contribution in [3.8, 4) is 10.6 Å². The highest BCUT2D eigenvalue weighted by molar-refractivity contribution is 7.13. The van der Waals surface area contributed by atoms with Crippen molar-refractivity contribution in [2.45, 2.75) is 32.7 Å². The molecule has 28 heavy (non-hydrogen) atoms. The van der Waals surface area contributed by atoms with Gasteiger partial charge in [-0.05, 0) is 42.1 Å². The van der Waals surface area contributed by atoms with Crippen molar-refractivity contribution in [3.05, 3.63) is 70.0 Å². The molecule has 4 rings (SSSR count). The van der Waals surface area contributed by atoms with Crippen LogP contribution in [0.15, 0.2) is 41.8 Å². The van der Waals surface area contributed by atoms with Gasteiger partial charge in [0.1, 0.15) is 10.8 Å². The van der Waals surface area contributed by atoms with E-state index in [9.17, 15) is 9.18 Å². The molecule has 0 fully saturated rings. The van der Waals surface area contributed by atoms with Crippen LogP contribution < -0.4 is 10.6 Å². The molecule has 144 valence electrons. The zero-order chi connectivity index (χ0) is 19.5. The summed E-state index contributed by atoms with van der Waals surface area (Å²) in [4.78, 5) is 17.0. The number of benzene rings is 2. The van der Waals surface area contributed by atoms with Gasteiger partial charge < -0.3 is 10.6 Å². The van der Waals surface area contributed by atoms with E-state index in [0.717, 1.165) is 29.1 Å². The maximum absolute atomic E-state index is 14.7. The molecule has 1 amide bonds. The van der Waals surface area contributed by atoms with Gasteiger partial charge in [0, 0.05) is 17.5 Å². The monoisotopic (exact) mass is 395 g/mol. The minimum absolute atomic E-state index is 0.127. The molecule has 2 aromatic carbocycles. The number of thiazole rings is 1. The lowest BCUT2D eigenvalue weighted by Crippen LogP contribution is -2.25. The van der Waals surface area contributed by atoms with Crippen LogP contribution in [-0.2, 0) is 30.6 Å². The molecule has 1 aliphatic heterocycles. The van der Waals surface area contributed by atoms with Crippen molar-refractivity contribution in [2.24, 2.45) is 0 Å².